The lowest BCUT2D eigenvalue weighted by Gasteiger charge is -2.11. The van der Waals surface area contributed by atoms with E-state index in [0.717, 1.165) is 49.2 Å². The van der Waals surface area contributed by atoms with E-state index in [9.17, 15) is 0 Å². The van der Waals surface area contributed by atoms with Gasteiger partial charge in [0.15, 0.2) is 11.2 Å². The van der Waals surface area contributed by atoms with E-state index in [0.29, 0.717) is 35.7 Å². The van der Waals surface area contributed by atoms with Gasteiger partial charge in [0.25, 0.3) is 0 Å². The summed E-state index contributed by atoms with van der Waals surface area (Å²) in [6.45, 7) is 2.18. The summed E-state index contributed by atoms with van der Waals surface area (Å²) < 4.78 is 8.72. The second-order valence-electron chi connectivity index (χ2n) is 8.26. The van der Waals surface area contributed by atoms with Crippen LogP contribution in [-0.4, -0.2) is 61.0 Å². The number of fused-ring (bicyclic) bond motifs is 1. The molecule has 0 amide bonds. The molecule has 0 saturated heterocycles. The Morgan fingerprint density at radius 2 is 2.03 bits per heavy atom. The molecule has 1 fully saturated rings. The molecule has 32 heavy (non-hydrogen) atoms. The molecule has 10 heteroatoms. The summed E-state index contributed by atoms with van der Waals surface area (Å²) in [5, 5.41) is 16.2. The van der Waals surface area contributed by atoms with Crippen LogP contribution in [0.1, 0.15) is 19.3 Å². The zero-order valence-corrected chi connectivity index (χ0v) is 18.1. The monoisotopic (exact) mass is 433 g/mol. The van der Waals surface area contributed by atoms with E-state index in [2.05, 4.69) is 30.7 Å². The summed E-state index contributed by atoms with van der Waals surface area (Å²) in [6, 6.07) is 8.42. The molecule has 10 nitrogen and oxygen atoms in total. The second kappa shape index (κ2) is 9.01. The van der Waals surface area contributed by atoms with Crippen LogP contribution in [0.25, 0.3) is 28.0 Å². The van der Waals surface area contributed by atoms with Crippen molar-refractivity contribution >= 4 is 17.1 Å². The van der Waals surface area contributed by atoms with Crippen molar-refractivity contribution in [2.24, 2.45) is 11.7 Å². The van der Waals surface area contributed by atoms with E-state index < -0.39 is 0 Å². The molecule has 0 radical (unpaired) electrons. The Morgan fingerprint density at radius 3 is 2.81 bits per heavy atom. The smallest absolute Gasteiger partial charge is 0.224 e. The van der Waals surface area contributed by atoms with Crippen LogP contribution in [0.2, 0.25) is 0 Å². The predicted octanol–water partition coefficient (Wildman–Crippen LogP) is 2.26. The number of hydrogen-bond acceptors (Lipinski definition) is 8. The molecular weight excluding hydrogens is 406 g/mol. The Labute approximate surface area is 185 Å². The third kappa shape index (κ3) is 4.32. The van der Waals surface area contributed by atoms with Gasteiger partial charge in [0.1, 0.15) is 0 Å². The molecule has 3 aromatic heterocycles. The number of rotatable bonds is 8. The number of nitrogens with zero attached hydrogens (tertiary/aromatic N) is 7. The Hall–Kier alpha value is -3.37. The average Bonchev–Trinajstić information content (AvgIpc) is 3.56. The van der Waals surface area contributed by atoms with E-state index >= 15 is 0 Å². The number of ether oxygens (including phenoxy) is 1. The van der Waals surface area contributed by atoms with Crippen molar-refractivity contribution in [1.82, 2.24) is 34.7 Å². The van der Waals surface area contributed by atoms with Crippen molar-refractivity contribution in [2.75, 3.05) is 25.6 Å². The highest BCUT2D eigenvalue weighted by molar-refractivity contribution is 5.72. The van der Waals surface area contributed by atoms with Crippen LogP contribution in [0.15, 0.2) is 42.9 Å². The molecule has 1 aromatic carbocycles. The average molecular weight is 434 g/mol. The van der Waals surface area contributed by atoms with E-state index in [1.54, 1.807) is 18.0 Å². The fraction of sp³-hybridized carbons (Fsp3) is 0.409. The van der Waals surface area contributed by atoms with Crippen LogP contribution >= 0.6 is 0 Å². The maximum atomic E-state index is 6.02. The van der Waals surface area contributed by atoms with Gasteiger partial charge in [-0.15, -0.1) is 5.10 Å². The van der Waals surface area contributed by atoms with Crippen molar-refractivity contribution in [1.29, 1.82) is 0 Å². The Morgan fingerprint density at radius 1 is 1.16 bits per heavy atom. The molecule has 1 unspecified atom stereocenters. The second-order valence-corrected chi connectivity index (χ2v) is 8.26. The summed E-state index contributed by atoms with van der Waals surface area (Å²) in [4.78, 5) is 9.05. The Balaban J connectivity index is 1.33. The van der Waals surface area contributed by atoms with E-state index in [4.69, 9.17) is 10.5 Å². The van der Waals surface area contributed by atoms with Crippen molar-refractivity contribution < 1.29 is 4.74 Å². The standard InChI is InChI=1S/C22H27N9O/c1-32-9-8-30-14-17(12-26-30)16-3-6-19(7-4-16)31-21-20(28-29-31)13-25-22(27-21)24-11-15-2-5-18(23)10-15/h3-4,6-7,12-15,18H,2,5,8-11,23H2,1H3,(H,24,25,27)/t15?,18-/m1/s1. The first-order valence-corrected chi connectivity index (χ1v) is 10.9. The number of hydrogen-bond donors (Lipinski definition) is 2. The van der Waals surface area contributed by atoms with Crippen molar-refractivity contribution in [3.05, 3.63) is 42.9 Å². The first-order chi connectivity index (χ1) is 15.7. The molecule has 3 N–H and O–H groups in total. The molecule has 4 aromatic rings. The van der Waals surface area contributed by atoms with Crippen LogP contribution in [0, 0.1) is 5.92 Å². The predicted molar refractivity (Wildman–Crippen MR) is 121 cm³/mol. The van der Waals surface area contributed by atoms with Gasteiger partial charge in [0.05, 0.1) is 31.2 Å². The SMILES string of the molecule is COCCn1cc(-c2ccc(-n3nnc4cnc(NCC5CC[C@@H](N)C5)nc43)cc2)cn1. The lowest BCUT2D eigenvalue weighted by atomic mass is 10.1. The number of benzene rings is 1. The summed E-state index contributed by atoms with van der Waals surface area (Å²) in [5.41, 5.74) is 10.4. The number of methoxy groups -OCH3 is 1. The maximum absolute atomic E-state index is 6.02. The highest BCUT2D eigenvalue weighted by atomic mass is 16.5. The third-order valence-corrected chi connectivity index (χ3v) is 5.93. The summed E-state index contributed by atoms with van der Waals surface area (Å²) in [5.74, 6) is 1.15. The van der Waals surface area contributed by atoms with Gasteiger partial charge >= 0.3 is 0 Å². The zero-order chi connectivity index (χ0) is 21.9. The van der Waals surface area contributed by atoms with Crippen LogP contribution in [0.4, 0.5) is 5.95 Å². The summed E-state index contributed by atoms with van der Waals surface area (Å²) in [6.07, 6.45) is 8.86. The molecule has 5 rings (SSSR count). The molecule has 166 valence electrons. The molecule has 0 bridgehead atoms. The van der Waals surface area contributed by atoms with Gasteiger partial charge in [-0.05, 0) is 42.9 Å². The van der Waals surface area contributed by atoms with Gasteiger partial charge in [-0.3, -0.25) is 4.68 Å². The maximum Gasteiger partial charge on any atom is 0.224 e. The molecule has 2 atom stereocenters. The molecule has 1 aliphatic carbocycles. The number of aromatic nitrogens is 7. The van der Waals surface area contributed by atoms with Crippen molar-refractivity contribution in [3.8, 4) is 16.8 Å². The minimum absolute atomic E-state index is 0.318. The highest BCUT2D eigenvalue weighted by Crippen LogP contribution is 2.25. The van der Waals surface area contributed by atoms with Crippen molar-refractivity contribution in [3.63, 3.8) is 0 Å². The molecule has 0 aliphatic heterocycles. The van der Waals surface area contributed by atoms with Crippen LogP contribution in [0.5, 0.6) is 0 Å². The van der Waals surface area contributed by atoms with E-state index in [1.807, 2.05) is 41.3 Å². The fourth-order valence-electron chi connectivity index (χ4n) is 4.14. The molecule has 3 heterocycles. The number of nitrogens with two attached hydrogens (primary N) is 1. The largest absolute Gasteiger partial charge is 0.383 e. The van der Waals surface area contributed by atoms with E-state index in [-0.39, 0.29) is 0 Å². The quantitative estimate of drug-likeness (QED) is 0.434. The normalized spacial score (nSPS) is 18.4. The highest BCUT2D eigenvalue weighted by Gasteiger charge is 2.21. The Kier molecular flexibility index (Phi) is 5.78. The lowest BCUT2D eigenvalue weighted by Crippen LogP contribution is -2.18. The van der Waals surface area contributed by atoms with Crippen LogP contribution < -0.4 is 11.1 Å². The molecular formula is C22H27N9O. The van der Waals surface area contributed by atoms with Crippen molar-refractivity contribution in [2.45, 2.75) is 31.8 Å². The minimum Gasteiger partial charge on any atom is -0.383 e. The number of anilines is 1. The van der Waals surface area contributed by atoms with Gasteiger partial charge in [-0.25, -0.2) is 4.98 Å². The summed E-state index contributed by atoms with van der Waals surface area (Å²) >= 11 is 0. The zero-order valence-electron chi connectivity index (χ0n) is 18.1. The molecule has 1 aliphatic rings. The van der Waals surface area contributed by atoms with Gasteiger partial charge in [0, 0.05) is 31.5 Å². The first kappa shape index (κ1) is 20.5. The van der Waals surface area contributed by atoms with Gasteiger partial charge in [0.2, 0.25) is 5.95 Å². The lowest BCUT2D eigenvalue weighted by molar-refractivity contribution is 0.183. The summed E-state index contributed by atoms with van der Waals surface area (Å²) in [7, 11) is 1.69. The Bertz CT molecular complexity index is 1180. The number of nitrogens with one attached hydrogen (secondary N) is 1. The van der Waals surface area contributed by atoms with Gasteiger partial charge in [-0.2, -0.15) is 14.8 Å². The van der Waals surface area contributed by atoms with Gasteiger partial charge < -0.3 is 15.8 Å². The third-order valence-electron chi connectivity index (χ3n) is 5.93. The van der Waals surface area contributed by atoms with Crippen LogP contribution in [-0.2, 0) is 11.3 Å². The van der Waals surface area contributed by atoms with E-state index in [1.165, 1.54) is 0 Å². The topological polar surface area (TPSA) is 122 Å². The minimum atomic E-state index is 0.318. The molecule has 0 spiro atoms. The fourth-order valence-corrected chi connectivity index (χ4v) is 4.14. The molecule has 1 saturated carbocycles. The van der Waals surface area contributed by atoms with Gasteiger partial charge in [-0.1, -0.05) is 17.3 Å². The first-order valence-electron chi connectivity index (χ1n) is 10.9. The van der Waals surface area contributed by atoms with Crippen LogP contribution in [0.3, 0.4) is 0 Å².